The first-order valence-corrected chi connectivity index (χ1v) is 8.40. The molecule has 3 N–H and O–H groups in total. The number of anilines is 1. The average Bonchev–Trinajstić information content (AvgIpc) is 2.90. The zero-order chi connectivity index (χ0) is 17.2. The Bertz CT molecular complexity index is 744. The van der Waals surface area contributed by atoms with Gasteiger partial charge in [-0.15, -0.1) is 0 Å². The van der Waals surface area contributed by atoms with Crippen LogP contribution in [0.4, 0.5) is 5.69 Å². The van der Waals surface area contributed by atoms with Gasteiger partial charge in [-0.2, -0.15) is 0 Å². The number of aryl methyl sites for hydroxylation is 1. The molecule has 4 nitrogen and oxygen atoms in total. The second-order valence-corrected chi connectivity index (χ2v) is 6.60. The summed E-state index contributed by atoms with van der Waals surface area (Å²) >= 11 is 0. The minimum absolute atomic E-state index is 0.0790. The number of carbonyl (C=O) groups excluding carboxylic acids is 1. The van der Waals surface area contributed by atoms with E-state index in [-0.39, 0.29) is 11.9 Å². The van der Waals surface area contributed by atoms with Gasteiger partial charge in [0, 0.05) is 25.2 Å². The summed E-state index contributed by atoms with van der Waals surface area (Å²) < 4.78 is 0. The van der Waals surface area contributed by atoms with Gasteiger partial charge in [-0.3, -0.25) is 4.79 Å². The molecule has 0 fully saturated rings. The predicted octanol–water partition coefficient (Wildman–Crippen LogP) is 3.13. The first-order chi connectivity index (χ1) is 11.5. The van der Waals surface area contributed by atoms with E-state index in [0.29, 0.717) is 6.54 Å². The van der Waals surface area contributed by atoms with Gasteiger partial charge in [-0.05, 0) is 48.6 Å². The summed E-state index contributed by atoms with van der Waals surface area (Å²) in [6, 6.07) is 16.0. The van der Waals surface area contributed by atoms with Crippen molar-refractivity contribution in [2.75, 3.05) is 11.9 Å². The zero-order valence-electron chi connectivity index (χ0n) is 14.2. The van der Waals surface area contributed by atoms with E-state index >= 15 is 0 Å². The molecule has 126 valence electrons. The van der Waals surface area contributed by atoms with Crippen molar-refractivity contribution in [3.05, 3.63) is 65.2 Å². The normalized spacial score (nSPS) is 20.5. The van der Waals surface area contributed by atoms with Crippen molar-refractivity contribution in [3.63, 3.8) is 0 Å². The number of fused-ring (bicyclic) bond motifs is 1. The quantitative estimate of drug-likeness (QED) is 0.792. The van der Waals surface area contributed by atoms with Crippen molar-refractivity contribution in [3.8, 4) is 0 Å². The molecule has 4 heteroatoms. The lowest BCUT2D eigenvalue weighted by Crippen LogP contribution is -2.37. The van der Waals surface area contributed by atoms with E-state index in [1.54, 1.807) is 0 Å². The number of rotatable bonds is 5. The van der Waals surface area contributed by atoms with Gasteiger partial charge in [0.15, 0.2) is 0 Å². The summed E-state index contributed by atoms with van der Waals surface area (Å²) in [5, 5.41) is 17.2. The van der Waals surface area contributed by atoms with Crippen molar-refractivity contribution in [2.24, 2.45) is 0 Å². The third-order valence-electron chi connectivity index (χ3n) is 4.73. The third kappa shape index (κ3) is 3.50. The Morgan fingerprint density at radius 1 is 1.25 bits per heavy atom. The molecule has 0 saturated heterocycles. The standard InChI is InChI=1S/C20H24N2O2/c1-14(17-7-5-8-18(12-17)22-15(2)23)21-13-20(24)11-10-16-6-3-4-9-19(16)20/h3-9,12,14,21,24H,10-11,13H2,1-2H3,(H,22,23). The van der Waals surface area contributed by atoms with E-state index in [1.165, 1.54) is 12.5 Å². The highest BCUT2D eigenvalue weighted by Gasteiger charge is 2.36. The fraction of sp³-hybridized carbons (Fsp3) is 0.350. The highest BCUT2D eigenvalue weighted by atomic mass is 16.3. The van der Waals surface area contributed by atoms with Crippen LogP contribution in [0.1, 0.15) is 43.0 Å². The molecular weight excluding hydrogens is 300 g/mol. The molecule has 2 aromatic carbocycles. The van der Waals surface area contributed by atoms with Crippen LogP contribution >= 0.6 is 0 Å². The smallest absolute Gasteiger partial charge is 0.221 e. The molecule has 2 atom stereocenters. The average molecular weight is 324 g/mol. The van der Waals surface area contributed by atoms with Crippen LogP contribution in [0.25, 0.3) is 0 Å². The maximum atomic E-state index is 11.2. The topological polar surface area (TPSA) is 61.4 Å². The summed E-state index contributed by atoms with van der Waals surface area (Å²) in [7, 11) is 0. The van der Waals surface area contributed by atoms with Crippen LogP contribution in [0.5, 0.6) is 0 Å². The maximum absolute atomic E-state index is 11.2. The third-order valence-corrected chi connectivity index (χ3v) is 4.73. The molecule has 0 saturated carbocycles. The van der Waals surface area contributed by atoms with Crippen molar-refractivity contribution < 1.29 is 9.90 Å². The largest absolute Gasteiger partial charge is 0.384 e. The van der Waals surface area contributed by atoms with E-state index in [1.807, 2.05) is 42.5 Å². The molecule has 1 aliphatic carbocycles. The molecule has 1 aliphatic rings. The van der Waals surface area contributed by atoms with E-state index in [2.05, 4.69) is 23.6 Å². The van der Waals surface area contributed by atoms with Crippen LogP contribution in [0, 0.1) is 0 Å². The van der Waals surface area contributed by atoms with E-state index in [0.717, 1.165) is 29.7 Å². The monoisotopic (exact) mass is 324 g/mol. The van der Waals surface area contributed by atoms with E-state index in [4.69, 9.17) is 0 Å². The summed E-state index contributed by atoms with van der Waals surface area (Å²) in [6.07, 6.45) is 1.67. The second-order valence-electron chi connectivity index (χ2n) is 6.60. The van der Waals surface area contributed by atoms with Crippen LogP contribution in [-0.2, 0) is 16.8 Å². The van der Waals surface area contributed by atoms with Gasteiger partial charge in [-0.1, -0.05) is 36.4 Å². The van der Waals surface area contributed by atoms with Crippen LogP contribution in [0.15, 0.2) is 48.5 Å². The summed E-state index contributed by atoms with van der Waals surface area (Å²) in [5.74, 6) is -0.0790. The first kappa shape index (κ1) is 16.7. The fourth-order valence-corrected chi connectivity index (χ4v) is 3.38. The molecule has 0 bridgehead atoms. The number of carbonyl (C=O) groups is 1. The number of benzene rings is 2. The van der Waals surface area contributed by atoms with Crippen molar-refractivity contribution >= 4 is 11.6 Å². The lowest BCUT2D eigenvalue weighted by molar-refractivity contribution is -0.114. The molecule has 2 unspecified atom stereocenters. The van der Waals surface area contributed by atoms with Gasteiger partial charge in [0.2, 0.25) is 5.91 Å². The number of hydrogen-bond acceptors (Lipinski definition) is 3. The number of amides is 1. The number of nitrogens with one attached hydrogen (secondary N) is 2. The van der Waals surface area contributed by atoms with Gasteiger partial charge < -0.3 is 15.7 Å². The van der Waals surface area contributed by atoms with Gasteiger partial charge in [0.1, 0.15) is 5.60 Å². The van der Waals surface area contributed by atoms with Gasteiger partial charge >= 0.3 is 0 Å². The Balaban J connectivity index is 1.68. The Morgan fingerprint density at radius 2 is 2.04 bits per heavy atom. The molecule has 0 aromatic heterocycles. The van der Waals surface area contributed by atoms with Crippen LogP contribution in [-0.4, -0.2) is 17.6 Å². The molecule has 0 radical (unpaired) electrons. The van der Waals surface area contributed by atoms with Crippen LogP contribution in [0.3, 0.4) is 0 Å². The SMILES string of the molecule is CC(=O)Nc1cccc(C(C)NCC2(O)CCc3ccccc32)c1. The molecular formula is C20H24N2O2. The highest BCUT2D eigenvalue weighted by Crippen LogP contribution is 2.36. The van der Waals surface area contributed by atoms with Crippen molar-refractivity contribution in [1.29, 1.82) is 0 Å². The Morgan fingerprint density at radius 3 is 2.83 bits per heavy atom. The Labute approximate surface area is 142 Å². The van der Waals surface area contributed by atoms with Gasteiger partial charge in [0.25, 0.3) is 0 Å². The summed E-state index contributed by atoms with van der Waals surface area (Å²) in [6.45, 7) is 4.08. The van der Waals surface area contributed by atoms with Crippen molar-refractivity contribution in [2.45, 2.75) is 38.3 Å². The highest BCUT2D eigenvalue weighted by molar-refractivity contribution is 5.88. The summed E-state index contributed by atoms with van der Waals surface area (Å²) in [5.41, 5.74) is 3.34. The second kappa shape index (κ2) is 6.75. The molecule has 0 heterocycles. The Kier molecular flexibility index (Phi) is 4.69. The molecule has 2 aromatic rings. The van der Waals surface area contributed by atoms with Crippen LogP contribution < -0.4 is 10.6 Å². The molecule has 0 spiro atoms. The Hall–Kier alpha value is -2.17. The minimum Gasteiger partial charge on any atom is -0.384 e. The lowest BCUT2D eigenvalue weighted by atomic mass is 9.95. The number of aliphatic hydroxyl groups is 1. The van der Waals surface area contributed by atoms with E-state index in [9.17, 15) is 9.90 Å². The summed E-state index contributed by atoms with van der Waals surface area (Å²) in [4.78, 5) is 11.2. The fourth-order valence-electron chi connectivity index (χ4n) is 3.38. The lowest BCUT2D eigenvalue weighted by Gasteiger charge is -2.27. The van der Waals surface area contributed by atoms with Gasteiger partial charge in [-0.25, -0.2) is 0 Å². The molecule has 1 amide bonds. The van der Waals surface area contributed by atoms with Crippen molar-refractivity contribution in [1.82, 2.24) is 5.32 Å². The van der Waals surface area contributed by atoms with Gasteiger partial charge in [0.05, 0.1) is 0 Å². The molecule has 3 rings (SSSR count). The molecule has 24 heavy (non-hydrogen) atoms. The first-order valence-electron chi connectivity index (χ1n) is 8.40. The van der Waals surface area contributed by atoms with E-state index < -0.39 is 5.60 Å². The number of hydrogen-bond donors (Lipinski definition) is 3. The zero-order valence-corrected chi connectivity index (χ0v) is 14.2. The maximum Gasteiger partial charge on any atom is 0.221 e. The minimum atomic E-state index is -0.805. The molecule has 0 aliphatic heterocycles. The predicted molar refractivity (Wildman–Crippen MR) is 95.8 cm³/mol. The van der Waals surface area contributed by atoms with Crippen LogP contribution in [0.2, 0.25) is 0 Å².